The molecule has 0 atom stereocenters. The van der Waals surface area contributed by atoms with Gasteiger partial charge in [0.05, 0.1) is 50.6 Å². The molecule has 140 heavy (non-hydrogen) atoms. The Labute approximate surface area is 841 Å². The van der Waals surface area contributed by atoms with Gasteiger partial charge in [0, 0.05) is 98.0 Å². The van der Waals surface area contributed by atoms with Crippen molar-refractivity contribution in [1.29, 1.82) is 0 Å². The molecule has 13 aliphatic rings. The second kappa shape index (κ2) is 37.7. The molecule has 0 aromatic heterocycles. The molecule has 3 fully saturated rings. The molecular formula is C130H158N4O6. The highest BCUT2D eigenvalue weighted by molar-refractivity contribution is 5.87. The van der Waals surface area contributed by atoms with E-state index in [-0.39, 0.29) is 39.2 Å². The summed E-state index contributed by atoms with van der Waals surface area (Å²) in [7, 11) is 0. The maximum atomic E-state index is 6.94. The van der Waals surface area contributed by atoms with Crippen LogP contribution < -0.4 is 24.3 Å². The van der Waals surface area contributed by atoms with Crippen molar-refractivity contribution in [2.24, 2.45) is 16.2 Å². The summed E-state index contributed by atoms with van der Waals surface area (Å²) in [6.07, 6.45) is 7.57. The minimum atomic E-state index is -0.550. The molecule has 5 spiro atoms. The van der Waals surface area contributed by atoms with Crippen molar-refractivity contribution in [3.8, 4) is 11.5 Å². The Hall–Kier alpha value is -11.1. The maximum Gasteiger partial charge on any atom is 0.148 e. The van der Waals surface area contributed by atoms with E-state index in [2.05, 4.69) is 472 Å². The zero-order valence-electron chi connectivity index (χ0n) is 90.5. The van der Waals surface area contributed by atoms with Crippen LogP contribution in [-0.2, 0) is 40.5 Å². The molecule has 0 bridgehead atoms. The molecule has 10 nitrogen and oxygen atoms in total. The van der Waals surface area contributed by atoms with Gasteiger partial charge in [0.25, 0.3) is 0 Å². The lowest BCUT2D eigenvalue weighted by Crippen LogP contribution is -2.39. The van der Waals surface area contributed by atoms with Crippen LogP contribution in [0.1, 0.15) is 291 Å². The zero-order chi connectivity index (χ0) is 101. The fourth-order valence-corrected chi connectivity index (χ4v) is 23.5. The number of hydrogen-bond donors (Lipinski definition) is 0. The number of allylic oxidation sites excluding steroid dienone is 3. The first kappa shape index (κ1) is 102. The van der Waals surface area contributed by atoms with Crippen LogP contribution >= 0.6 is 0 Å². The predicted octanol–water partition coefficient (Wildman–Crippen LogP) is 34.3. The second-order valence-corrected chi connectivity index (χ2v) is 45.8. The van der Waals surface area contributed by atoms with Gasteiger partial charge in [-0.3, -0.25) is 0 Å². The van der Waals surface area contributed by atoms with Crippen LogP contribution in [0.5, 0.6) is 11.5 Å². The van der Waals surface area contributed by atoms with E-state index in [1.165, 1.54) is 179 Å². The molecule has 10 heterocycles. The quantitative estimate of drug-likeness (QED) is 0.150. The van der Waals surface area contributed by atoms with Gasteiger partial charge in [-0.2, -0.15) is 0 Å². The molecule has 3 saturated carbocycles. The first-order chi connectivity index (χ1) is 66.0. The second-order valence-electron chi connectivity index (χ2n) is 45.8. The summed E-state index contributed by atoms with van der Waals surface area (Å²) in [5.41, 5.74) is 39.0. The standard InChI is InChI=1S/C26H25NO.C20H20O2.C20H22O.C16H23N.2C14H19N.C10H14O.C10H16O/c1-18-19(2)26(28-25(18,3)4)21-14-8-10-16-23(21)27(20-12-6-5-7-13-20)24-17-11-9-15-22(24)26;1-13-14(2)20(22-19(13,3)4)15-9-5-7-11-17(15)21-18-12-8-6-10-16(18)20;1-15-16(2)20(21-19(15,3)4,17-11-7-5-8-12-17)18-13-9-6-10-14-18;1-11-8-7-9-12(2)15(11)17-10-16(5,6)13(3)14(17)4;2*1-11-12(2)15(10-14(11,3)4)13-8-6-5-7-9-13;1-7-8(2)10(5-6-10)11-9(7)3-4-9;1-7-8(2)10(5-6-10)11-9(7,3)4/h5-17H,1-4H3;5-12H,1-4H3;5-14H,1-4H3;7-9H,10H2,1-6H3;2*5-9H,10H2,1-4H3;3-6H2,1-2H3;5-6H2,1-4H3. The Morgan fingerprint density at radius 1 is 0.214 bits per heavy atom. The van der Waals surface area contributed by atoms with Crippen molar-refractivity contribution in [3.63, 3.8) is 0 Å². The van der Waals surface area contributed by atoms with Crippen LogP contribution in [0.25, 0.3) is 0 Å². The molecule has 0 saturated heterocycles. The van der Waals surface area contributed by atoms with E-state index in [1.807, 2.05) is 36.4 Å². The van der Waals surface area contributed by atoms with Gasteiger partial charge >= 0.3 is 0 Å². The van der Waals surface area contributed by atoms with Gasteiger partial charge < -0.3 is 48.0 Å². The van der Waals surface area contributed by atoms with Crippen molar-refractivity contribution in [2.45, 2.75) is 316 Å². The van der Waals surface area contributed by atoms with Crippen LogP contribution in [0.15, 0.2) is 356 Å². The third-order valence-electron chi connectivity index (χ3n) is 34.8. The van der Waals surface area contributed by atoms with Crippen molar-refractivity contribution in [1.82, 2.24) is 0 Å². The molecule has 0 amide bonds. The lowest BCUT2D eigenvalue weighted by molar-refractivity contribution is -0.0621. The van der Waals surface area contributed by atoms with Crippen molar-refractivity contribution < 1.29 is 28.4 Å². The lowest BCUT2D eigenvalue weighted by atomic mass is 9.75. The monoisotopic (exact) mass is 1870 g/mol. The van der Waals surface area contributed by atoms with E-state index in [9.17, 15) is 0 Å². The van der Waals surface area contributed by atoms with Crippen LogP contribution in [0.3, 0.4) is 0 Å². The van der Waals surface area contributed by atoms with Gasteiger partial charge in [-0.25, -0.2) is 0 Å². The minimum absolute atomic E-state index is 0.000579. The van der Waals surface area contributed by atoms with Gasteiger partial charge in [0.2, 0.25) is 0 Å². The molecule has 10 aromatic rings. The predicted molar refractivity (Wildman–Crippen MR) is 586 cm³/mol. The number of benzene rings is 10. The molecule has 0 unspecified atom stereocenters. The Morgan fingerprint density at radius 3 is 0.771 bits per heavy atom. The van der Waals surface area contributed by atoms with Crippen molar-refractivity contribution in [2.75, 3.05) is 39.2 Å². The van der Waals surface area contributed by atoms with Crippen molar-refractivity contribution >= 4 is 34.1 Å². The fraction of sp³-hybridized carbons (Fsp3) is 0.415. The number of rotatable bonds is 6. The number of fused-ring (bicyclic) bond motifs is 8. The number of ether oxygens (including phenoxy) is 6. The summed E-state index contributed by atoms with van der Waals surface area (Å²) in [5.74, 6) is 1.76. The zero-order valence-corrected chi connectivity index (χ0v) is 90.5. The lowest BCUT2D eigenvalue weighted by Gasteiger charge is -2.45. The van der Waals surface area contributed by atoms with Crippen LogP contribution in [-0.4, -0.2) is 58.8 Å². The first-order valence-electron chi connectivity index (χ1n) is 51.4. The van der Waals surface area contributed by atoms with E-state index in [1.54, 1.807) is 11.1 Å². The van der Waals surface area contributed by atoms with Gasteiger partial charge in [0.1, 0.15) is 28.3 Å². The summed E-state index contributed by atoms with van der Waals surface area (Å²) < 4.78 is 38.5. The van der Waals surface area contributed by atoms with E-state index in [0.717, 1.165) is 47.9 Å². The summed E-state index contributed by atoms with van der Waals surface area (Å²) in [6, 6.07) is 93.1. The molecule has 10 heteroatoms. The van der Waals surface area contributed by atoms with Gasteiger partial charge in [-0.05, 0) is 374 Å². The highest BCUT2D eigenvalue weighted by atomic mass is 16.6. The van der Waals surface area contributed by atoms with E-state index < -0.39 is 16.8 Å². The average molecular weight is 1870 g/mol. The fourth-order valence-electron chi connectivity index (χ4n) is 23.5. The van der Waals surface area contributed by atoms with Gasteiger partial charge in [-0.15, -0.1) is 0 Å². The maximum absolute atomic E-state index is 6.94. The number of para-hydroxylation sites is 8. The number of anilines is 6. The van der Waals surface area contributed by atoms with Crippen LogP contribution in [0.2, 0.25) is 0 Å². The third-order valence-corrected chi connectivity index (χ3v) is 34.8. The normalized spacial score (nSPS) is 21.8. The Bertz CT molecular complexity index is 6290. The molecule has 10 aliphatic heterocycles. The first-order valence-corrected chi connectivity index (χ1v) is 51.4. The number of nitrogens with zero attached hydrogens (tertiary/aromatic N) is 4. The number of aryl methyl sites for hydroxylation is 2. The van der Waals surface area contributed by atoms with Gasteiger partial charge in [-0.1, -0.05) is 248 Å². The Kier molecular flexibility index (Phi) is 27.4. The van der Waals surface area contributed by atoms with E-state index >= 15 is 0 Å². The van der Waals surface area contributed by atoms with Crippen LogP contribution in [0, 0.1) is 30.1 Å². The molecule has 0 N–H and O–H groups in total. The van der Waals surface area contributed by atoms with E-state index in [4.69, 9.17) is 28.4 Å². The summed E-state index contributed by atoms with van der Waals surface area (Å²) in [5, 5.41) is 0. The summed E-state index contributed by atoms with van der Waals surface area (Å²) in [4.78, 5) is 9.66. The third kappa shape index (κ3) is 18.2. The molecule has 734 valence electrons. The topological polar surface area (TPSA) is 68.3 Å². The highest BCUT2D eigenvalue weighted by Gasteiger charge is 2.64. The van der Waals surface area contributed by atoms with Crippen LogP contribution in [0.4, 0.5) is 34.1 Å². The molecule has 0 radical (unpaired) electrons. The molecule has 3 aliphatic carbocycles. The molecule has 23 rings (SSSR count). The molecule has 10 aromatic carbocycles. The molecular weight excluding hydrogens is 1710 g/mol. The largest absolute Gasteiger partial charge is 0.457 e. The van der Waals surface area contributed by atoms with Crippen molar-refractivity contribution in [3.05, 3.63) is 401 Å². The summed E-state index contributed by atoms with van der Waals surface area (Å²) in [6.45, 7) is 74.4. The Morgan fingerprint density at radius 2 is 0.479 bits per heavy atom. The van der Waals surface area contributed by atoms with E-state index in [0.29, 0.717) is 16.2 Å². The number of hydrogen-bond acceptors (Lipinski definition) is 10. The SMILES string of the molecule is CC1=C(C)C(C)(C)CN1c1c(C)cccc1C.CC1=C(C)C(C)(C)CN1c1ccccc1.CC1=C(C)C(C)(C)CN1c1ccccc1.CC1=C(C)C(c2ccccc2)(c2ccccc2)OC1(C)C.CC1=C(C)C2(CC2)OC1(C)C.CC1=C(C)C2(CC2)OC12CC2.CC1=C(C)C2(OC1(C)C)c1ccccc1N(c1ccccc1)c1ccccc12.CC1=C(C)C2(OC1(C)C)c1ccccc1Oc1ccccc12. The summed E-state index contributed by atoms with van der Waals surface area (Å²) >= 11 is 0. The smallest absolute Gasteiger partial charge is 0.148 e. The minimum Gasteiger partial charge on any atom is -0.457 e. The highest BCUT2D eigenvalue weighted by Crippen LogP contribution is 2.66. The Balaban J connectivity index is 0.000000117. The van der Waals surface area contributed by atoms with Gasteiger partial charge in [0.15, 0.2) is 0 Å². The average Bonchev–Trinajstić information content (AvgIpc) is 1.52.